The van der Waals surface area contributed by atoms with Crippen LogP contribution in [0.3, 0.4) is 0 Å². The maximum atomic E-state index is 11.8. The lowest BCUT2D eigenvalue weighted by atomic mass is 10.3. The molecule has 2 rings (SSSR count). The number of nitrogens with two attached hydrogens (primary N) is 1. The average molecular weight is 343 g/mol. The molecule has 2 amide bonds. The highest BCUT2D eigenvalue weighted by Crippen LogP contribution is 2.27. The van der Waals surface area contributed by atoms with Crippen molar-refractivity contribution in [2.24, 2.45) is 5.73 Å². The van der Waals surface area contributed by atoms with Gasteiger partial charge in [-0.2, -0.15) is 5.10 Å². The van der Waals surface area contributed by atoms with Crippen molar-refractivity contribution in [2.45, 2.75) is 6.54 Å². The molecule has 3 N–H and O–H groups in total. The van der Waals surface area contributed by atoms with E-state index in [0.29, 0.717) is 21.5 Å². The third kappa shape index (κ3) is 4.64. The van der Waals surface area contributed by atoms with Gasteiger partial charge in [0.15, 0.2) is 6.61 Å². The van der Waals surface area contributed by atoms with E-state index in [4.69, 9.17) is 33.7 Å². The lowest BCUT2D eigenvalue weighted by Crippen LogP contribution is -2.20. The van der Waals surface area contributed by atoms with Crippen LogP contribution in [0.2, 0.25) is 10.0 Å². The van der Waals surface area contributed by atoms with Gasteiger partial charge in [0.05, 0.1) is 16.9 Å². The minimum absolute atomic E-state index is 0.0627. The first-order chi connectivity index (χ1) is 10.4. The molecule has 0 bridgehead atoms. The van der Waals surface area contributed by atoms with E-state index < -0.39 is 11.8 Å². The van der Waals surface area contributed by atoms with Crippen molar-refractivity contribution in [2.75, 3.05) is 11.9 Å². The monoisotopic (exact) mass is 342 g/mol. The molecule has 1 aromatic carbocycles. The second kappa shape index (κ2) is 7.15. The van der Waals surface area contributed by atoms with Gasteiger partial charge in [0.1, 0.15) is 12.3 Å². The Labute approximate surface area is 135 Å². The van der Waals surface area contributed by atoms with Gasteiger partial charge in [0, 0.05) is 11.2 Å². The van der Waals surface area contributed by atoms with Crippen molar-refractivity contribution in [3.05, 3.63) is 40.6 Å². The summed E-state index contributed by atoms with van der Waals surface area (Å²) in [6, 6.07) is 4.70. The van der Waals surface area contributed by atoms with E-state index in [1.54, 1.807) is 12.1 Å². The van der Waals surface area contributed by atoms with Crippen molar-refractivity contribution >= 4 is 40.7 Å². The number of nitrogens with one attached hydrogen (secondary N) is 1. The average Bonchev–Trinajstić information content (AvgIpc) is 2.84. The molecule has 2 aromatic rings. The second-order valence-electron chi connectivity index (χ2n) is 4.30. The van der Waals surface area contributed by atoms with Crippen LogP contribution in [0.4, 0.5) is 5.69 Å². The third-order valence-electron chi connectivity index (χ3n) is 2.49. The van der Waals surface area contributed by atoms with E-state index >= 15 is 0 Å². The molecule has 7 nitrogen and oxygen atoms in total. The van der Waals surface area contributed by atoms with Crippen molar-refractivity contribution in [1.82, 2.24) is 9.78 Å². The molecule has 1 aromatic heterocycles. The van der Waals surface area contributed by atoms with Crippen molar-refractivity contribution < 1.29 is 14.3 Å². The standard InChI is InChI=1S/C13H12Cl2N4O3/c14-8-1-2-11(10(15)3-8)22-7-13(21)18-9-4-17-19(5-9)6-12(16)20/h1-5H,6-7H2,(H2,16,20)(H,18,21). The van der Waals surface area contributed by atoms with Crippen LogP contribution in [0.1, 0.15) is 0 Å². The molecule has 116 valence electrons. The van der Waals surface area contributed by atoms with Crippen LogP contribution in [0.15, 0.2) is 30.6 Å². The van der Waals surface area contributed by atoms with E-state index in [-0.39, 0.29) is 13.2 Å². The summed E-state index contributed by atoms with van der Waals surface area (Å²) < 4.78 is 6.61. The Bertz CT molecular complexity index is 702. The smallest absolute Gasteiger partial charge is 0.262 e. The molecule has 0 aliphatic carbocycles. The first-order valence-corrected chi connectivity index (χ1v) is 6.88. The lowest BCUT2D eigenvalue weighted by molar-refractivity contribution is -0.119. The van der Waals surface area contributed by atoms with E-state index in [2.05, 4.69) is 10.4 Å². The topological polar surface area (TPSA) is 99.2 Å². The summed E-state index contributed by atoms with van der Waals surface area (Å²) in [6.45, 7) is -0.297. The number of halogens is 2. The summed E-state index contributed by atoms with van der Waals surface area (Å²) in [5, 5.41) is 7.23. The van der Waals surface area contributed by atoms with E-state index in [1.807, 2.05) is 0 Å². The molecular formula is C13H12Cl2N4O3. The number of benzene rings is 1. The number of hydrogen-bond acceptors (Lipinski definition) is 4. The Morgan fingerprint density at radius 3 is 2.82 bits per heavy atom. The van der Waals surface area contributed by atoms with Gasteiger partial charge in [0.25, 0.3) is 5.91 Å². The van der Waals surface area contributed by atoms with Crippen LogP contribution in [0.25, 0.3) is 0 Å². The van der Waals surface area contributed by atoms with Gasteiger partial charge >= 0.3 is 0 Å². The Hall–Kier alpha value is -2.25. The van der Waals surface area contributed by atoms with Crippen LogP contribution in [-0.4, -0.2) is 28.2 Å². The zero-order valence-corrected chi connectivity index (χ0v) is 12.8. The number of ether oxygens (including phenoxy) is 1. The van der Waals surface area contributed by atoms with Crippen LogP contribution in [0, 0.1) is 0 Å². The maximum Gasteiger partial charge on any atom is 0.262 e. The first-order valence-electron chi connectivity index (χ1n) is 6.12. The fourth-order valence-electron chi connectivity index (χ4n) is 1.61. The number of aromatic nitrogens is 2. The first kappa shape index (κ1) is 16.1. The molecule has 0 unspecified atom stereocenters. The van der Waals surface area contributed by atoms with Gasteiger partial charge < -0.3 is 15.8 Å². The highest BCUT2D eigenvalue weighted by Gasteiger charge is 2.08. The molecule has 1 heterocycles. The number of amides is 2. The van der Waals surface area contributed by atoms with Gasteiger partial charge in [-0.1, -0.05) is 23.2 Å². The van der Waals surface area contributed by atoms with Crippen molar-refractivity contribution in [3.8, 4) is 5.75 Å². The molecule has 22 heavy (non-hydrogen) atoms. The molecule has 0 fully saturated rings. The Balaban J connectivity index is 1.87. The summed E-state index contributed by atoms with van der Waals surface area (Å²) in [5.74, 6) is -0.572. The van der Waals surface area contributed by atoms with Gasteiger partial charge in [-0.15, -0.1) is 0 Å². The minimum atomic E-state index is -0.526. The second-order valence-corrected chi connectivity index (χ2v) is 5.15. The predicted octanol–water partition coefficient (Wildman–Crippen LogP) is 1.69. The Morgan fingerprint density at radius 1 is 1.36 bits per heavy atom. The van der Waals surface area contributed by atoms with Gasteiger partial charge in [-0.3, -0.25) is 14.3 Å². The molecule has 0 aliphatic heterocycles. The zero-order valence-electron chi connectivity index (χ0n) is 11.3. The zero-order chi connectivity index (χ0) is 16.1. The number of nitrogens with zero attached hydrogens (tertiary/aromatic N) is 2. The van der Waals surface area contributed by atoms with E-state index in [9.17, 15) is 9.59 Å². The molecule has 0 saturated carbocycles. The highest BCUT2D eigenvalue weighted by molar-refractivity contribution is 6.35. The van der Waals surface area contributed by atoms with Gasteiger partial charge in [-0.05, 0) is 18.2 Å². The maximum absolute atomic E-state index is 11.8. The summed E-state index contributed by atoms with van der Waals surface area (Å²) in [5.41, 5.74) is 5.47. The lowest BCUT2D eigenvalue weighted by Gasteiger charge is -2.08. The Kier molecular flexibility index (Phi) is 5.24. The molecule has 0 radical (unpaired) electrons. The van der Waals surface area contributed by atoms with Gasteiger partial charge in [-0.25, -0.2) is 0 Å². The summed E-state index contributed by atoms with van der Waals surface area (Å²) in [7, 11) is 0. The normalized spacial score (nSPS) is 10.3. The minimum Gasteiger partial charge on any atom is -0.482 e. The van der Waals surface area contributed by atoms with Crippen LogP contribution >= 0.6 is 23.2 Å². The predicted molar refractivity (Wildman–Crippen MR) is 82.0 cm³/mol. The van der Waals surface area contributed by atoms with E-state index in [1.165, 1.54) is 23.1 Å². The van der Waals surface area contributed by atoms with E-state index in [0.717, 1.165) is 0 Å². The summed E-state index contributed by atoms with van der Waals surface area (Å²) in [4.78, 5) is 22.5. The van der Waals surface area contributed by atoms with Gasteiger partial charge in [0.2, 0.25) is 5.91 Å². The largest absolute Gasteiger partial charge is 0.482 e. The fraction of sp³-hybridized carbons (Fsp3) is 0.154. The SMILES string of the molecule is NC(=O)Cn1cc(NC(=O)COc2ccc(Cl)cc2Cl)cn1. The number of anilines is 1. The number of hydrogen-bond donors (Lipinski definition) is 2. The molecule has 0 spiro atoms. The fourth-order valence-corrected chi connectivity index (χ4v) is 2.07. The number of primary amides is 1. The highest BCUT2D eigenvalue weighted by atomic mass is 35.5. The quantitative estimate of drug-likeness (QED) is 0.834. The molecule has 9 heteroatoms. The molecular weight excluding hydrogens is 331 g/mol. The number of carbonyl (C=O) groups excluding carboxylic acids is 2. The number of carbonyl (C=O) groups is 2. The molecule has 0 aliphatic rings. The van der Waals surface area contributed by atoms with Crippen LogP contribution < -0.4 is 15.8 Å². The molecule has 0 atom stereocenters. The summed E-state index contributed by atoms with van der Waals surface area (Å²) in [6.07, 6.45) is 2.88. The number of rotatable bonds is 6. The van der Waals surface area contributed by atoms with Crippen molar-refractivity contribution in [3.63, 3.8) is 0 Å². The third-order valence-corrected chi connectivity index (χ3v) is 3.02. The van der Waals surface area contributed by atoms with Crippen molar-refractivity contribution in [1.29, 1.82) is 0 Å². The summed E-state index contributed by atoms with van der Waals surface area (Å²) >= 11 is 11.7. The van der Waals surface area contributed by atoms with Crippen LogP contribution in [0.5, 0.6) is 5.75 Å². The Morgan fingerprint density at radius 2 is 2.14 bits per heavy atom. The van der Waals surface area contributed by atoms with Crippen LogP contribution in [-0.2, 0) is 16.1 Å². The molecule has 0 saturated heterocycles.